The maximum absolute atomic E-state index is 2.20. The Morgan fingerprint density at radius 2 is 1.56 bits per heavy atom. The molecule has 0 radical (unpaired) electrons. The molecule has 0 N–H and O–H groups in total. The van der Waals surface area contributed by atoms with Gasteiger partial charge in [0.15, 0.2) is 0 Å². The van der Waals surface area contributed by atoms with Crippen molar-refractivity contribution in [1.29, 1.82) is 0 Å². The van der Waals surface area contributed by atoms with E-state index in [1.807, 2.05) is 0 Å². The molecule has 0 saturated heterocycles. The predicted molar refractivity (Wildman–Crippen MR) is 36.1 cm³/mol. The van der Waals surface area contributed by atoms with Crippen LogP contribution in [-0.4, -0.2) is 0 Å². The fourth-order valence-corrected chi connectivity index (χ4v) is 0.774. The van der Waals surface area contributed by atoms with Gasteiger partial charge in [-0.15, -0.1) is 0 Å². The first-order chi connectivity index (χ1) is 3.80. The van der Waals surface area contributed by atoms with Gasteiger partial charge in [0.1, 0.15) is 0 Å². The molecule has 0 aromatic heterocycles. The zero-order valence-electron chi connectivity index (χ0n) is 6.39. The van der Waals surface area contributed by atoms with Gasteiger partial charge in [-0.1, -0.05) is 19.8 Å². The fourth-order valence-electron chi connectivity index (χ4n) is 0.774. The molecular formula is C8H11Na. The van der Waals surface area contributed by atoms with Gasteiger partial charge in [0.2, 0.25) is 0 Å². The summed E-state index contributed by atoms with van der Waals surface area (Å²) in [5, 5.41) is 0. The Kier molecular flexibility index (Phi) is 4.37. The summed E-state index contributed by atoms with van der Waals surface area (Å²) in [7, 11) is 0. The van der Waals surface area contributed by atoms with Gasteiger partial charge in [-0.3, -0.25) is 0 Å². The third kappa shape index (κ3) is 2.61. The van der Waals surface area contributed by atoms with Crippen molar-refractivity contribution in [2.45, 2.75) is 19.8 Å². The zero-order chi connectivity index (χ0) is 5.98. The fraction of sp³-hybridized carbons (Fsp3) is 0.375. The van der Waals surface area contributed by atoms with Crippen molar-refractivity contribution in [3.05, 3.63) is 29.8 Å². The molecule has 0 aliphatic heterocycles. The largest absolute Gasteiger partial charge is 1.00 e. The Morgan fingerprint density at radius 3 is 1.78 bits per heavy atom. The average molecular weight is 130 g/mol. The van der Waals surface area contributed by atoms with E-state index in [-0.39, 0.29) is 29.6 Å². The van der Waals surface area contributed by atoms with Crippen LogP contribution in [-0.2, 0) is 0 Å². The standard InChI is InChI=1S/C8H11.Na/c1-7(2)8-5-3-4-6-8;/h3-7H,1-2H3;/q-1;+1. The summed E-state index contributed by atoms with van der Waals surface area (Å²) in [5.41, 5.74) is 1.44. The Balaban J connectivity index is 0.000000640. The third-order valence-corrected chi connectivity index (χ3v) is 1.36. The molecular weight excluding hydrogens is 119 g/mol. The van der Waals surface area contributed by atoms with E-state index >= 15 is 0 Å². The van der Waals surface area contributed by atoms with Gasteiger partial charge in [-0.05, 0) is 0 Å². The van der Waals surface area contributed by atoms with Crippen LogP contribution in [0.2, 0.25) is 0 Å². The molecule has 0 atom stereocenters. The molecule has 1 heteroatoms. The van der Waals surface area contributed by atoms with Crippen molar-refractivity contribution in [2.75, 3.05) is 0 Å². The van der Waals surface area contributed by atoms with Gasteiger partial charge < -0.3 is 0 Å². The van der Waals surface area contributed by atoms with Crippen LogP contribution in [0.25, 0.3) is 0 Å². The van der Waals surface area contributed by atoms with E-state index in [0.29, 0.717) is 5.92 Å². The van der Waals surface area contributed by atoms with Crippen LogP contribution in [0.3, 0.4) is 0 Å². The van der Waals surface area contributed by atoms with Crippen LogP contribution in [0.4, 0.5) is 0 Å². The molecule has 0 aliphatic rings. The monoisotopic (exact) mass is 130 g/mol. The van der Waals surface area contributed by atoms with E-state index in [1.165, 1.54) is 5.56 Å². The van der Waals surface area contributed by atoms with E-state index in [1.54, 1.807) is 0 Å². The van der Waals surface area contributed by atoms with Crippen LogP contribution < -0.4 is 29.6 Å². The normalized spacial score (nSPS) is 9.22. The first-order valence-corrected chi connectivity index (χ1v) is 3.02. The molecule has 44 valence electrons. The molecule has 0 spiro atoms. The van der Waals surface area contributed by atoms with E-state index in [0.717, 1.165) is 0 Å². The summed E-state index contributed by atoms with van der Waals surface area (Å²) in [6.45, 7) is 4.41. The Hall–Kier alpha value is 0.350. The number of rotatable bonds is 1. The van der Waals surface area contributed by atoms with Crippen LogP contribution in [0.5, 0.6) is 0 Å². The summed E-state index contributed by atoms with van der Waals surface area (Å²) in [4.78, 5) is 0. The summed E-state index contributed by atoms with van der Waals surface area (Å²) >= 11 is 0. The van der Waals surface area contributed by atoms with Crippen LogP contribution in [0.1, 0.15) is 25.3 Å². The van der Waals surface area contributed by atoms with Crippen molar-refractivity contribution in [2.24, 2.45) is 0 Å². The Labute approximate surface area is 78.9 Å². The topological polar surface area (TPSA) is 0 Å². The molecule has 1 aromatic rings. The van der Waals surface area contributed by atoms with Gasteiger partial charge in [0.05, 0.1) is 0 Å². The second kappa shape index (κ2) is 4.21. The average Bonchev–Trinajstić information content (AvgIpc) is 2.12. The Bertz CT molecular complexity index is 140. The summed E-state index contributed by atoms with van der Waals surface area (Å²) in [6, 6.07) is 8.47. The number of hydrogen-bond acceptors (Lipinski definition) is 0. The van der Waals surface area contributed by atoms with Gasteiger partial charge in [-0.25, -0.2) is 12.1 Å². The predicted octanol–water partition coefficient (Wildman–Crippen LogP) is -0.467. The number of hydrogen-bond donors (Lipinski definition) is 0. The molecule has 0 saturated carbocycles. The van der Waals surface area contributed by atoms with Crippen LogP contribution in [0.15, 0.2) is 24.3 Å². The van der Waals surface area contributed by atoms with Crippen molar-refractivity contribution in [3.8, 4) is 0 Å². The SMILES string of the molecule is CC(C)[c-]1cccc1.[Na+]. The maximum atomic E-state index is 2.20. The van der Waals surface area contributed by atoms with Crippen molar-refractivity contribution in [1.82, 2.24) is 0 Å². The quantitative estimate of drug-likeness (QED) is 0.356. The first kappa shape index (κ1) is 9.35. The van der Waals surface area contributed by atoms with Gasteiger partial charge >= 0.3 is 29.6 Å². The first-order valence-electron chi connectivity index (χ1n) is 3.02. The minimum absolute atomic E-state index is 0. The van der Waals surface area contributed by atoms with E-state index in [4.69, 9.17) is 0 Å². The Morgan fingerprint density at radius 1 is 1.11 bits per heavy atom. The molecule has 0 aliphatic carbocycles. The van der Waals surface area contributed by atoms with Crippen LogP contribution in [0, 0.1) is 0 Å². The molecule has 9 heavy (non-hydrogen) atoms. The summed E-state index contributed by atoms with van der Waals surface area (Å²) in [6.07, 6.45) is 0. The molecule has 0 bridgehead atoms. The van der Waals surface area contributed by atoms with Gasteiger partial charge in [0.25, 0.3) is 0 Å². The van der Waals surface area contributed by atoms with Crippen LogP contribution >= 0.6 is 0 Å². The van der Waals surface area contributed by atoms with E-state index < -0.39 is 0 Å². The van der Waals surface area contributed by atoms with Crippen molar-refractivity contribution < 1.29 is 29.6 Å². The summed E-state index contributed by atoms with van der Waals surface area (Å²) in [5.74, 6) is 0.685. The molecule has 0 heterocycles. The van der Waals surface area contributed by atoms with Crippen molar-refractivity contribution in [3.63, 3.8) is 0 Å². The van der Waals surface area contributed by atoms with Gasteiger partial charge in [0, 0.05) is 0 Å². The second-order valence-electron chi connectivity index (χ2n) is 2.37. The molecule has 0 unspecified atom stereocenters. The maximum Gasteiger partial charge on any atom is 1.00 e. The van der Waals surface area contributed by atoms with Crippen molar-refractivity contribution >= 4 is 0 Å². The third-order valence-electron chi connectivity index (χ3n) is 1.36. The molecule has 0 amide bonds. The molecule has 1 rings (SSSR count). The molecule has 0 nitrogen and oxygen atoms in total. The smallest absolute Gasteiger partial charge is 0.213 e. The minimum Gasteiger partial charge on any atom is -0.213 e. The summed E-state index contributed by atoms with van der Waals surface area (Å²) < 4.78 is 0. The zero-order valence-corrected chi connectivity index (χ0v) is 8.39. The molecule has 0 fully saturated rings. The molecule has 1 aromatic carbocycles. The van der Waals surface area contributed by atoms with E-state index in [9.17, 15) is 0 Å². The second-order valence-corrected chi connectivity index (χ2v) is 2.37. The van der Waals surface area contributed by atoms with E-state index in [2.05, 4.69) is 38.1 Å². The minimum atomic E-state index is 0. The van der Waals surface area contributed by atoms with Gasteiger partial charge in [-0.2, -0.15) is 17.7 Å².